The normalized spacial score (nSPS) is 9.96. The Hall–Kier alpha value is -2.89. The van der Waals surface area contributed by atoms with Crippen LogP contribution >= 0.6 is 0 Å². The molecule has 0 atom stereocenters. The zero-order chi connectivity index (χ0) is 17.4. The maximum Gasteiger partial charge on any atom is 0.344 e. The van der Waals surface area contributed by atoms with Crippen LogP contribution in [0.4, 0.5) is 0 Å². The molecule has 0 spiro atoms. The Morgan fingerprint density at radius 2 is 1.58 bits per heavy atom. The Balaban J connectivity index is 1.91. The molecule has 0 radical (unpaired) electrons. The lowest BCUT2D eigenvalue weighted by molar-refractivity contribution is -0.147. The third-order valence-corrected chi connectivity index (χ3v) is 3.29. The van der Waals surface area contributed by atoms with Crippen LogP contribution in [0.5, 0.6) is 23.0 Å². The maximum atomic E-state index is 11.9. The van der Waals surface area contributed by atoms with Crippen molar-refractivity contribution in [2.75, 3.05) is 27.9 Å². The summed E-state index contributed by atoms with van der Waals surface area (Å²) in [6.07, 6.45) is 0. The lowest BCUT2D eigenvalue weighted by atomic mass is 10.2. The SMILES string of the molecule is COc1ccc(OC)c(COC(=O)COc2ccccc2OC)c1. The van der Waals surface area contributed by atoms with Gasteiger partial charge in [0.1, 0.15) is 18.1 Å². The Morgan fingerprint density at radius 3 is 2.25 bits per heavy atom. The first-order chi connectivity index (χ1) is 11.7. The molecule has 2 aromatic carbocycles. The van der Waals surface area contributed by atoms with Crippen molar-refractivity contribution < 1.29 is 28.5 Å². The summed E-state index contributed by atoms with van der Waals surface area (Å²) < 4.78 is 26.2. The number of para-hydroxylation sites is 2. The van der Waals surface area contributed by atoms with Gasteiger partial charge in [0.25, 0.3) is 0 Å². The number of rotatable bonds is 8. The van der Waals surface area contributed by atoms with Gasteiger partial charge < -0.3 is 23.7 Å². The van der Waals surface area contributed by atoms with Crippen LogP contribution in [0.3, 0.4) is 0 Å². The summed E-state index contributed by atoms with van der Waals surface area (Å²) >= 11 is 0. The molecule has 2 aromatic rings. The van der Waals surface area contributed by atoms with Crippen molar-refractivity contribution in [3.8, 4) is 23.0 Å². The number of methoxy groups -OCH3 is 3. The molecule has 24 heavy (non-hydrogen) atoms. The molecule has 0 bridgehead atoms. The summed E-state index contributed by atoms with van der Waals surface area (Å²) in [7, 11) is 4.66. The minimum atomic E-state index is -0.495. The van der Waals surface area contributed by atoms with Crippen LogP contribution in [-0.4, -0.2) is 33.9 Å². The standard InChI is InChI=1S/C18H20O6/c1-20-14-8-9-15(21-2)13(10-14)11-24-18(19)12-23-17-7-5-4-6-16(17)22-3/h4-10H,11-12H2,1-3H3. The van der Waals surface area contributed by atoms with Crippen molar-refractivity contribution in [1.82, 2.24) is 0 Å². The molecule has 6 nitrogen and oxygen atoms in total. The molecule has 0 aliphatic heterocycles. The molecule has 0 amide bonds. The third kappa shape index (κ3) is 4.55. The lowest BCUT2D eigenvalue weighted by Gasteiger charge is -2.12. The van der Waals surface area contributed by atoms with Crippen LogP contribution in [0.2, 0.25) is 0 Å². The van der Waals surface area contributed by atoms with E-state index in [1.54, 1.807) is 50.6 Å². The molecule has 0 aliphatic carbocycles. The van der Waals surface area contributed by atoms with Crippen molar-refractivity contribution in [3.63, 3.8) is 0 Å². The molecule has 0 saturated heterocycles. The molecule has 0 unspecified atom stereocenters. The lowest BCUT2D eigenvalue weighted by Crippen LogP contribution is -2.15. The smallest absolute Gasteiger partial charge is 0.344 e. The number of hydrogen-bond donors (Lipinski definition) is 0. The van der Waals surface area contributed by atoms with Crippen LogP contribution in [0.15, 0.2) is 42.5 Å². The fourth-order valence-corrected chi connectivity index (χ4v) is 2.07. The molecule has 128 valence electrons. The number of benzene rings is 2. The van der Waals surface area contributed by atoms with Crippen molar-refractivity contribution >= 4 is 5.97 Å². The van der Waals surface area contributed by atoms with Crippen LogP contribution in [0.25, 0.3) is 0 Å². The number of hydrogen-bond acceptors (Lipinski definition) is 6. The van der Waals surface area contributed by atoms with Gasteiger partial charge >= 0.3 is 5.97 Å². The van der Waals surface area contributed by atoms with Gasteiger partial charge in [-0.05, 0) is 30.3 Å². The molecule has 0 fully saturated rings. The quantitative estimate of drug-likeness (QED) is 0.693. The fraction of sp³-hybridized carbons (Fsp3) is 0.278. The van der Waals surface area contributed by atoms with Crippen LogP contribution in [-0.2, 0) is 16.1 Å². The summed E-state index contributed by atoms with van der Waals surface area (Å²) in [6, 6.07) is 12.4. The van der Waals surface area contributed by atoms with Gasteiger partial charge in [0.2, 0.25) is 0 Å². The third-order valence-electron chi connectivity index (χ3n) is 3.29. The summed E-state index contributed by atoms with van der Waals surface area (Å²) in [5.74, 6) is 1.82. The van der Waals surface area contributed by atoms with E-state index in [-0.39, 0.29) is 13.2 Å². The predicted molar refractivity (Wildman–Crippen MR) is 87.8 cm³/mol. The monoisotopic (exact) mass is 332 g/mol. The van der Waals surface area contributed by atoms with Crippen molar-refractivity contribution in [3.05, 3.63) is 48.0 Å². The molecule has 2 rings (SSSR count). The van der Waals surface area contributed by atoms with Crippen molar-refractivity contribution in [2.24, 2.45) is 0 Å². The van der Waals surface area contributed by atoms with E-state index in [4.69, 9.17) is 23.7 Å². The second kappa shape index (κ2) is 8.67. The largest absolute Gasteiger partial charge is 0.497 e. The summed E-state index contributed by atoms with van der Waals surface area (Å²) in [6.45, 7) is -0.152. The average molecular weight is 332 g/mol. The Morgan fingerprint density at radius 1 is 0.875 bits per heavy atom. The highest BCUT2D eigenvalue weighted by atomic mass is 16.6. The molecule has 0 aromatic heterocycles. The average Bonchev–Trinajstić information content (AvgIpc) is 2.64. The predicted octanol–water partition coefficient (Wildman–Crippen LogP) is 2.83. The van der Waals surface area contributed by atoms with E-state index in [9.17, 15) is 4.79 Å². The zero-order valence-corrected chi connectivity index (χ0v) is 13.9. The van der Waals surface area contributed by atoms with Gasteiger partial charge in [-0.1, -0.05) is 12.1 Å². The van der Waals surface area contributed by atoms with Gasteiger partial charge in [-0.3, -0.25) is 0 Å². The van der Waals surface area contributed by atoms with Gasteiger partial charge in [-0.2, -0.15) is 0 Å². The van der Waals surface area contributed by atoms with E-state index in [0.717, 1.165) is 0 Å². The zero-order valence-electron chi connectivity index (χ0n) is 13.9. The van der Waals surface area contributed by atoms with Gasteiger partial charge in [0.15, 0.2) is 18.1 Å². The minimum Gasteiger partial charge on any atom is -0.497 e. The van der Waals surface area contributed by atoms with E-state index in [1.165, 1.54) is 7.11 Å². The molecular weight excluding hydrogens is 312 g/mol. The van der Waals surface area contributed by atoms with Crippen molar-refractivity contribution in [2.45, 2.75) is 6.61 Å². The summed E-state index contributed by atoms with van der Waals surface area (Å²) in [5, 5.41) is 0. The van der Waals surface area contributed by atoms with Gasteiger partial charge in [-0.15, -0.1) is 0 Å². The highest BCUT2D eigenvalue weighted by molar-refractivity contribution is 5.71. The molecule has 0 saturated carbocycles. The molecule has 6 heteroatoms. The molecular formula is C18H20O6. The second-order valence-electron chi connectivity index (χ2n) is 4.78. The topological polar surface area (TPSA) is 63.2 Å². The minimum absolute atomic E-state index is 0.0640. The van der Waals surface area contributed by atoms with Crippen LogP contribution in [0, 0.1) is 0 Å². The molecule has 0 aliphatic rings. The Kier molecular flexibility index (Phi) is 6.31. The molecule has 0 N–H and O–H groups in total. The number of carbonyl (C=O) groups excluding carboxylic acids is 1. The number of ether oxygens (including phenoxy) is 5. The summed E-state index contributed by atoms with van der Waals surface area (Å²) in [5.41, 5.74) is 0.711. The van der Waals surface area contributed by atoms with Gasteiger partial charge in [0, 0.05) is 5.56 Å². The first kappa shape index (κ1) is 17.5. The van der Waals surface area contributed by atoms with Gasteiger partial charge in [-0.25, -0.2) is 4.79 Å². The highest BCUT2D eigenvalue weighted by Crippen LogP contribution is 2.26. The van der Waals surface area contributed by atoms with E-state index in [2.05, 4.69) is 0 Å². The number of esters is 1. The van der Waals surface area contributed by atoms with E-state index >= 15 is 0 Å². The van der Waals surface area contributed by atoms with Crippen LogP contribution in [0.1, 0.15) is 5.56 Å². The van der Waals surface area contributed by atoms with Crippen LogP contribution < -0.4 is 18.9 Å². The highest BCUT2D eigenvalue weighted by Gasteiger charge is 2.11. The van der Waals surface area contributed by atoms with Gasteiger partial charge in [0.05, 0.1) is 21.3 Å². The van der Waals surface area contributed by atoms with Crippen molar-refractivity contribution in [1.29, 1.82) is 0 Å². The summed E-state index contributed by atoms with van der Waals surface area (Å²) in [4.78, 5) is 11.9. The van der Waals surface area contributed by atoms with E-state index in [0.29, 0.717) is 28.6 Å². The first-order valence-corrected chi connectivity index (χ1v) is 7.30. The molecule has 0 heterocycles. The van der Waals surface area contributed by atoms with E-state index < -0.39 is 5.97 Å². The first-order valence-electron chi connectivity index (χ1n) is 7.30. The fourth-order valence-electron chi connectivity index (χ4n) is 2.07. The maximum absolute atomic E-state index is 11.9. The second-order valence-corrected chi connectivity index (χ2v) is 4.78. The Bertz CT molecular complexity index is 683. The number of carbonyl (C=O) groups is 1. The van der Waals surface area contributed by atoms with E-state index in [1.807, 2.05) is 6.07 Å². The Labute approximate surface area is 140 Å².